The largest absolute Gasteiger partial charge is 0.497 e. The average molecular weight is 1050 g/mol. The Balaban J connectivity index is 0.000000213. The number of fused-ring (bicyclic) bond motifs is 2. The zero-order valence-electron chi connectivity index (χ0n) is 35.5. The number of pyridine rings is 2. The highest BCUT2D eigenvalue weighted by atomic mass is 79.9. The number of ether oxygens (including phenoxy) is 5. The first-order chi connectivity index (χ1) is 30.8. The molecule has 7 rings (SSSR count). The van der Waals surface area contributed by atoms with Crippen LogP contribution < -0.4 is 29.4 Å². The summed E-state index contributed by atoms with van der Waals surface area (Å²) in [6, 6.07) is 38.5. The third-order valence-corrected chi connectivity index (χ3v) is 10.6. The molecule has 12 nitrogen and oxygen atoms in total. The molecule has 0 aliphatic heterocycles. The summed E-state index contributed by atoms with van der Waals surface area (Å²) >= 11 is 9.87. The van der Waals surface area contributed by atoms with Crippen molar-refractivity contribution in [3.05, 3.63) is 152 Å². The van der Waals surface area contributed by atoms with E-state index in [2.05, 4.69) is 69.9 Å². The van der Waals surface area contributed by atoms with E-state index in [1.807, 2.05) is 67.6 Å². The van der Waals surface area contributed by atoms with Gasteiger partial charge in [-0.05, 0) is 163 Å². The fourth-order valence-corrected chi connectivity index (χ4v) is 7.03. The van der Waals surface area contributed by atoms with E-state index in [1.165, 1.54) is 6.07 Å². The number of nitrogens with two attached hydrogens (primary N) is 1. The van der Waals surface area contributed by atoms with Gasteiger partial charge in [0.2, 0.25) is 5.95 Å². The van der Waals surface area contributed by atoms with Crippen LogP contribution in [0.2, 0.25) is 0 Å². The third kappa shape index (κ3) is 15.1. The smallest absolute Gasteiger partial charge is 0.214 e. The first-order valence-electron chi connectivity index (χ1n) is 18.6. The number of methoxy groups -OCH3 is 5. The van der Waals surface area contributed by atoms with E-state index < -0.39 is 5.95 Å². The maximum atomic E-state index is 13.0. The van der Waals surface area contributed by atoms with Gasteiger partial charge in [0.05, 0.1) is 82.9 Å². The minimum absolute atomic E-state index is 0.236. The van der Waals surface area contributed by atoms with Crippen molar-refractivity contribution >= 4 is 75.2 Å². The standard InChI is InChI=1S/C10H7BrFNO.C10H9BrN2O.C10H8N2O.C9H8BrNO.C9H9NO/c2*1-14-7-2-3-8-6(4-7)5-9(12)13-10(8)11;1-13-10-3-2-9(7-12)8(6-10)4-5-11;1-12-9-3-2-7(6-11)8(4-9)5-10;1-7-5-9(11-2)4-3-8(7)6-10/h2-5H,1H3;2-5H,1H3,(H2,12,13);2-3,6H,4H2,1H3;2-4H,5H2,1H3;3-5H,1-2H3. The molecule has 0 fully saturated rings. The number of benzene rings is 5. The molecule has 2 aromatic heterocycles. The number of hydrogen-bond donors (Lipinski definition) is 1. The Kier molecular flexibility index (Phi) is 21.3. The molecule has 5 aromatic carbocycles. The summed E-state index contributed by atoms with van der Waals surface area (Å²) in [7, 11) is 7.99. The van der Waals surface area contributed by atoms with E-state index in [0.29, 0.717) is 49.5 Å². The van der Waals surface area contributed by atoms with Crippen LogP contribution >= 0.6 is 47.8 Å². The van der Waals surface area contributed by atoms with Crippen molar-refractivity contribution in [1.29, 1.82) is 21.0 Å². The normalized spacial score (nSPS) is 9.53. The van der Waals surface area contributed by atoms with Gasteiger partial charge in [-0.3, -0.25) is 0 Å². The van der Waals surface area contributed by atoms with Gasteiger partial charge in [0, 0.05) is 22.2 Å². The molecule has 0 saturated heterocycles. The monoisotopic (exact) mass is 1050 g/mol. The Hall–Kier alpha value is -6.95. The second-order valence-electron chi connectivity index (χ2n) is 12.8. The molecule has 0 spiro atoms. The summed E-state index contributed by atoms with van der Waals surface area (Å²) in [6.45, 7) is 1.89. The Bertz CT molecular complexity index is 2780. The average Bonchev–Trinajstić information content (AvgIpc) is 3.31. The van der Waals surface area contributed by atoms with Gasteiger partial charge in [0.1, 0.15) is 43.8 Å². The number of anilines is 1. The number of alkyl halides is 1. The van der Waals surface area contributed by atoms with E-state index in [4.69, 9.17) is 50.5 Å². The zero-order valence-corrected chi connectivity index (χ0v) is 40.3. The summed E-state index contributed by atoms with van der Waals surface area (Å²) < 4.78 is 39.4. The minimum Gasteiger partial charge on any atom is -0.497 e. The van der Waals surface area contributed by atoms with E-state index in [0.717, 1.165) is 54.5 Å². The fourth-order valence-electron chi connectivity index (χ4n) is 5.47. The zero-order chi connectivity index (χ0) is 47.2. The molecular formula is C48H41Br3FN7O5. The number of aryl methyl sites for hydroxylation is 1. The van der Waals surface area contributed by atoms with Crippen LogP contribution in [0.3, 0.4) is 0 Å². The maximum Gasteiger partial charge on any atom is 0.214 e. The topological polar surface area (TPSA) is 193 Å². The van der Waals surface area contributed by atoms with Crippen molar-refractivity contribution in [2.24, 2.45) is 0 Å². The predicted octanol–water partition coefficient (Wildman–Crippen LogP) is 11.7. The van der Waals surface area contributed by atoms with Crippen molar-refractivity contribution in [3.63, 3.8) is 0 Å². The summed E-state index contributed by atoms with van der Waals surface area (Å²) in [4.78, 5) is 7.78. The lowest BCUT2D eigenvalue weighted by atomic mass is 10.1. The van der Waals surface area contributed by atoms with Crippen LogP contribution in [0, 0.1) is 58.2 Å². The first-order valence-corrected chi connectivity index (χ1v) is 21.3. The van der Waals surface area contributed by atoms with Crippen LogP contribution in [0.15, 0.2) is 112 Å². The number of aromatic nitrogens is 2. The van der Waals surface area contributed by atoms with Crippen LogP contribution in [-0.2, 0) is 11.8 Å². The molecule has 0 amide bonds. The molecule has 2 N–H and O–H groups in total. The Morgan fingerprint density at radius 2 is 0.953 bits per heavy atom. The van der Waals surface area contributed by atoms with Crippen LogP contribution in [0.25, 0.3) is 21.5 Å². The quantitative estimate of drug-likeness (QED) is 0.117. The van der Waals surface area contributed by atoms with Crippen LogP contribution in [-0.4, -0.2) is 45.5 Å². The van der Waals surface area contributed by atoms with Crippen molar-refractivity contribution in [3.8, 4) is 53.0 Å². The lowest BCUT2D eigenvalue weighted by Gasteiger charge is -2.04. The lowest BCUT2D eigenvalue weighted by Crippen LogP contribution is -1.91. The molecule has 16 heteroatoms. The maximum absolute atomic E-state index is 13.0. The van der Waals surface area contributed by atoms with Gasteiger partial charge < -0.3 is 29.4 Å². The van der Waals surface area contributed by atoms with Gasteiger partial charge in [0.25, 0.3) is 0 Å². The van der Waals surface area contributed by atoms with E-state index in [1.54, 1.807) is 84.1 Å². The van der Waals surface area contributed by atoms with Gasteiger partial charge in [-0.15, -0.1) is 0 Å². The van der Waals surface area contributed by atoms with Crippen molar-refractivity contribution in [2.75, 3.05) is 41.3 Å². The highest BCUT2D eigenvalue weighted by molar-refractivity contribution is 9.11. The number of rotatable bonds is 7. The molecular weight excluding hydrogens is 1010 g/mol. The molecule has 0 saturated carbocycles. The van der Waals surface area contributed by atoms with Gasteiger partial charge in [-0.1, -0.05) is 15.9 Å². The minimum atomic E-state index is -0.502. The third-order valence-electron chi connectivity index (χ3n) is 8.81. The SMILES string of the molecule is COc1ccc(C#N)c(C)c1.COc1ccc(C#N)c(CBr)c1.COc1ccc(C#N)c(CC#N)c1.COc1ccc2c(Br)nc(F)cc2c1.COc1ccc2c(Br)nc(N)cc2c1. The highest BCUT2D eigenvalue weighted by Crippen LogP contribution is 2.28. The molecule has 0 radical (unpaired) electrons. The molecule has 0 atom stereocenters. The Morgan fingerprint density at radius 3 is 1.41 bits per heavy atom. The number of nitrogens with zero attached hydrogens (tertiary/aromatic N) is 6. The lowest BCUT2D eigenvalue weighted by molar-refractivity contribution is 0.414. The summed E-state index contributed by atoms with van der Waals surface area (Å²) in [5.74, 6) is 3.76. The fraction of sp³-hybridized carbons (Fsp3) is 0.167. The van der Waals surface area contributed by atoms with E-state index in [9.17, 15) is 4.39 Å². The molecule has 0 bridgehead atoms. The van der Waals surface area contributed by atoms with Crippen molar-refractivity contribution < 1.29 is 28.1 Å². The number of hydrogen-bond acceptors (Lipinski definition) is 12. The molecule has 7 aromatic rings. The van der Waals surface area contributed by atoms with Crippen LogP contribution in [0.4, 0.5) is 10.2 Å². The van der Waals surface area contributed by atoms with Gasteiger partial charge in [0.15, 0.2) is 0 Å². The summed E-state index contributed by atoms with van der Waals surface area (Å²) in [6.07, 6.45) is 0.236. The summed E-state index contributed by atoms with van der Waals surface area (Å²) in [5.41, 5.74) is 10.2. The summed E-state index contributed by atoms with van der Waals surface area (Å²) in [5, 5.41) is 38.9. The predicted molar refractivity (Wildman–Crippen MR) is 256 cm³/mol. The number of nitrogen functional groups attached to an aromatic ring is 1. The Morgan fingerprint density at radius 1 is 0.547 bits per heavy atom. The molecule has 0 aliphatic rings. The van der Waals surface area contributed by atoms with Gasteiger partial charge in [-0.2, -0.15) is 25.4 Å². The molecule has 0 aliphatic carbocycles. The van der Waals surface area contributed by atoms with Crippen molar-refractivity contribution in [2.45, 2.75) is 18.7 Å². The first kappa shape index (κ1) is 51.4. The van der Waals surface area contributed by atoms with Gasteiger partial charge in [-0.25, -0.2) is 9.97 Å². The van der Waals surface area contributed by atoms with E-state index in [-0.39, 0.29) is 6.42 Å². The highest BCUT2D eigenvalue weighted by Gasteiger charge is 2.06. The van der Waals surface area contributed by atoms with Crippen LogP contribution in [0.1, 0.15) is 33.4 Å². The second-order valence-corrected chi connectivity index (χ2v) is 14.8. The molecule has 0 unspecified atom stereocenters. The van der Waals surface area contributed by atoms with Crippen molar-refractivity contribution in [1.82, 2.24) is 9.97 Å². The molecule has 2 heterocycles. The van der Waals surface area contributed by atoms with Gasteiger partial charge >= 0.3 is 0 Å². The van der Waals surface area contributed by atoms with Crippen LogP contribution in [0.5, 0.6) is 28.7 Å². The second kappa shape index (κ2) is 26.5. The number of nitriles is 4. The van der Waals surface area contributed by atoms with E-state index >= 15 is 0 Å². The molecule has 64 heavy (non-hydrogen) atoms. The Labute approximate surface area is 396 Å². The number of halogens is 4. The molecule has 326 valence electrons.